The molecule has 0 atom stereocenters. The third-order valence-electron chi connectivity index (χ3n) is 3.93. The van der Waals surface area contributed by atoms with Gasteiger partial charge in [-0.05, 0) is 36.8 Å². The van der Waals surface area contributed by atoms with Crippen molar-refractivity contribution in [3.05, 3.63) is 53.9 Å². The smallest absolute Gasteiger partial charge is 0.336 e. The van der Waals surface area contributed by atoms with Crippen LogP contribution in [0.25, 0.3) is 21.8 Å². The second-order valence-corrected chi connectivity index (χ2v) is 5.47. The van der Waals surface area contributed by atoms with E-state index in [2.05, 4.69) is 25.5 Å². The van der Waals surface area contributed by atoms with Gasteiger partial charge in [-0.3, -0.25) is 5.10 Å². The Morgan fingerprint density at radius 1 is 1.17 bits per heavy atom. The fourth-order valence-corrected chi connectivity index (χ4v) is 2.67. The fraction of sp³-hybridized carbons (Fsp3) is 0.0588. The van der Waals surface area contributed by atoms with Gasteiger partial charge in [0, 0.05) is 22.7 Å². The van der Waals surface area contributed by atoms with Crippen molar-refractivity contribution in [1.29, 1.82) is 0 Å². The van der Waals surface area contributed by atoms with Gasteiger partial charge >= 0.3 is 5.97 Å². The van der Waals surface area contributed by atoms with Crippen molar-refractivity contribution < 1.29 is 9.90 Å². The van der Waals surface area contributed by atoms with Gasteiger partial charge < -0.3 is 10.4 Å². The van der Waals surface area contributed by atoms with E-state index >= 15 is 0 Å². The second kappa shape index (κ2) is 5.31. The Balaban J connectivity index is 1.76. The maximum absolute atomic E-state index is 11.3. The number of H-pyrrole nitrogens is 1. The van der Waals surface area contributed by atoms with Crippen LogP contribution in [-0.4, -0.2) is 31.2 Å². The molecule has 24 heavy (non-hydrogen) atoms. The van der Waals surface area contributed by atoms with Crippen molar-refractivity contribution in [2.45, 2.75) is 6.92 Å². The highest BCUT2D eigenvalue weighted by Gasteiger charge is 2.12. The maximum atomic E-state index is 11.3. The monoisotopic (exact) mass is 319 g/mol. The molecule has 4 rings (SSSR count). The van der Waals surface area contributed by atoms with E-state index in [9.17, 15) is 9.90 Å². The van der Waals surface area contributed by atoms with Crippen molar-refractivity contribution in [3.8, 4) is 0 Å². The number of benzene rings is 2. The Bertz CT molecular complexity index is 1090. The number of carbonyl (C=O) groups is 1. The quantitative estimate of drug-likeness (QED) is 0.535. The molecule has 0 saturated carbocycles. The van der Waals surface area contributed by atoms with Crippen LogP contribution >= 0.6 is 0 Å². The summed E-state index contributed by atoms with van der Waals surface area (Å²) in [7, 11) is 0. The lowest BCUT2D eigenvalue weighted by Gasteiger charge is -2.08. The number of anilines is 2. The summed E-state index contributed by atoms with van der Waals surface area (Å²) in [6.07, 6.45) is 3.43. The number of aromatic nitrogens is 4. The number of aryl methyl sites for hydroxylation is 1. The van der Waals surface area contributed by atoms with E-state index in [-0.39, 0.29) is 5.56 Å². The summed E-state index contributed by atoms with van der Waals surface area (Å²) >= 11 is 0. The van der Waals surface area contributed by atoms with Crippen molar-refractivity contribution in [2.75, 3.05) is 5.32 Å². The molecule has 4 aromatic rings. The SMILES string of the molecule is Cc1c(C(=O)O)ccc2cnc(Nc3ccc4cn[nH]c4c3)nc12. The molecule has 0 bridgehead atoms. The number of carboxylic acids is 1. The van der Waals surface area contributed by atoms with Gasteiger partial charge in [-0.25, -0.2) is 14.8 Å². The highest BCUT2D eigenvalue weighted by Crippen LogP contribution is 2.23. The van der Waals surface area contributed by atoms with Crippen LogP contribution in [0.3, 0.4) is 0 Å². The lowest BCUT2D eigenvalue weighted by atomic mass is 10.1. The van der Waals surface area contributed by atoms with Crippen LogP contribution in [0.15, 0.2) is 42.7 Å². The molecule has 7 nitrogen and oxygen atoms in total. The fourth-order valence-electron chi connectivity index (χ4n) is 2.67. The minimum atomic E-state index is -0.966. The summed E-state index contributed by atoms with van der Waals surface area (Å²) in [5.74, 6) is -0.556. The van der Waals surface area contributed by atoms with Crippen LogP contribution in [0, 0.1) is 6.92 Å². The average Bonchev–Trinajstić information content (AvgIpc) is 3.03. The van der Waals surface area contributed by atoms with E-state index in [1.165, 1.54) is 0 Å². The van der Waals surface area contributed by atoms with Crippen LogP contribution in [0.2, 0.25) is 0 Å². The maximum Gasteiger partial charge on any atom is 0.336 e. The number of fused-ring (bicyclic) bond motifs is 2. The van der Waals surface area contributed by atoms with Crippen LogP contribution < -0.4 is 5.32 Å². The third kappa shape index (κ3) is 2.32. The Morgan fingerprint density at radius 3 is 2.83 bits per heavy atom. The van der Waals surface area contributed by atoms with Gasteiger partial charge in [0.15, 0.2) is 0 Å². The standard InChI is InChI=1S/C17H13N5O2/c1-9-13(16(23)24)5-3-11-7-18-17(21-15(9)11)20-12-4-2-10-8-19-22-14(10)6-12/h2-8H,1H3,(H,19,22)(H,23,24)(H,18,20,21). The zero-order chi connectivity index (χ0) is 16.7. The Morgan fingerprint density at radius 2 is 2.00 bits per heavy atom. The largest absolute Gasteiger partial charge is 0.478 e. The minimum absolute atomic E-state index is 0.242. The zero-order valence-corrected chi connectivity index (χ0v) is 12.7. The highest BCUT2D eigenvalue weighted by molar-refractivity contribution is 5.96. The molecule has 0 radical (unpaired) electrons. The number of aromatic amines is 1. The first-order chi connectivity index (χ1) is 11.6. The number of nitrogens with one attached hydrogen (secondary N) is 2. The molecule has 2 aromatic heterocycles. The predicted molar refractivity (Wildman–Crippen MR) is 90.6 cm³/mol. The lowest BCUT2D eigenvalue weighted by Crippen LogP contribution is -2.03. The van der Waals surface area contributed by atoms with Crippen molar-refractivity contribution in [1.82, 2.24) is 20.2 Å². The molecule has 0 saturated heterocycles. The topological polar surface area (TPSA) is 104 Å². The molecule has 2 heterocycles. The van der Waals surface area contributed by atoms with E-state index in [1.54, 1.807) is 31.5 Å². The molecule has 0 unspecified atom stereocenters. The third-order valence-corrected chi connectivity index (χ3v) is 3.93. The van der Waals surface area contributed by atoms with Crippen molar-refractivity contribution in [2.24, 2.45) is 0 Å². The summed E-state index contributed by atoms with van der Waals surface area (Å²) in [6.45, 7) is 1.75. The first-order valence-corrected chi connectivity index (χ1v) is 7.31. The zero-order valence-electron chi connectivity index (χ0n) is 12.7. The molecule has 0 aliphatic carbocycles. The van der Waals surface area contributed by atoms with Gasteiger partial charge in [0.2, 0.25) is 5.95 Å². The summed E-state index contributed by atoms with van der Waals surface area (Å²) in [5, 5.41) is 21.1. The molecule has 0 aliphatic rings. The minimum Gasteiger partial charge on any atom is -0.478 e. The summed E-state index contributed by atoms with van der Waals surface area (Å²) in [6, 6.07) is 9.05. The van der Waals surface area contributed by atoms with Crippen LogP contribution in [0.1, 0.15) is 15.9 Å². The molecule has 0 amide bonds. The normalized spacial score (nSPS) is 11.0. The predicted octanol–water partition coefficient (Wildman–Crippen LogP) is 3.26. The average molecular weight is 319 g/mol. The second-order valence-electron chi connectivity index (χ2n) is 5.47. The van der Waals surface area contributed by atoms with E-state index in [0.29, 0.717) is 17.0 Å². The molecule has 7 heteroatoms. The molecular formula is C17H13N5O2. The first kappa shape index (κ1) is 14.1. The number of hydrogen-bond acceptors (Lipinski definition) is 5. The highest BCUT2D eigenvalue weighted by atomic mass is 16.4. The number of nitrogens with zero attached hydrogens (tertiary/aromatic N) is 3. The molecule has 0 spiro atoms. The van der Waals surface area contributed by atoms with Gasteiger partial charge in [0.25, 0.3) is 0 Å². The Labute approximate surface area is 136 Å². The number of hydrogen-bond donors (Lipinski definition) is 3. The van der Waals surface area contributed by atoms with Gasteiger partial charge in [-0.15, -0.1) is 0 Å². The Hall–Kier alpha value is -3.48. The van der Waals surface area contributed by atoms with Gasteiger partial charge in [-0.1, -0.05) is 6.07 Å². The van der Waals surface area contributed by atoms with E-state index < -0.39 is 5.97 Å². The Kier molecular flexibility index (Phi) is 3.13. The van der Waals surface area contributed by atoms with Gasteiger partial charge in [0.05, 0.1) is 22.8 Å². The van der Waals surface area contributed by atoms with E-state index in [4.69, 9.17) is 0 Å². The number of aromatic carboxylic acids is 1. The summed E-state index contributed by atoms with van der Waals surface area (Å²) in [5.41, 5.74) is 3.21. The van der Waals surface area contributed by atoms with E-state index in [0.717, 1.165) is 22.0 Å². The van der Waals surface area contributed by atoms with Crippen LogP contribution in [0.4, 0.5) is 11.6 Å². The van der Waals surface area contributed by atoms with E-state index in [1.807, 2.05) is 18.2 Å². The van der Waals surface area contributed by atoms with Crippen LogP contribution in [0.5, 0.6) is 0 Å². The summed E-state index contributed by atoms with van der Waals surface area (Å²) in [4.78, 5) is 20.0. The van der Waals surface area contributed by atoms with Crippen LogP contribution in [-0.2, 0) is 0 Å². The first-order valence-electron chi connectivity index (χ1n) is 7.31. The number of rotatable bonds is 3. The van der Waals surface area contributed by atoms with Gasteiger partial charge in [-0.2, -0.15) is 5.10 Å². The molecule has 0 aliphatic heterocycles. The van der Waals surface area contributed by atoms with Crippen molar-refractivity contribution in [3.63, 3.8) is 0 Å². The van der Waals surface area contributed by atoms with Gasteiger partial charge in [0.1, 0.15) is 0 Å². The molecule has 0 fully saturated rings. The summed E-state index contributed by atoms with van der Waals surface area (Å²) < 4.78 is 0. The van der Waals surface area contributed by atoms with Crippen molar-refractivity contribution >= 4 is 39.4 Å². The number of carboxylic acid groups (broad SMARTS) is 1. The molecule has 2 aromatic carbocycles. The molecule has 118 valence electrons. The molecule has 3 N–H and O–H groups in total. The molecular weight excluding hydrogens is 306 g/mol. The lowest BCUT2D eigenvalue weighted by molar-refractivity contribution is 0.0696.